The van der Waals surface area contributed by atoms with E-state index in [9.17, 15) is 5.11 Å². The molecule has 0 fully saturated rings. The quantitative estimate of drug-likeness (QED) is 0.383. The number of aromatic hydroxyl groups is 1. The van der Waals surface area contributed by atoms with Crippen LogP contribution >= 0.6 is 0 Å². The molecule has 0 atom stereocenters. The lowest BCUT2D eigenvalue weighted by Crippen LogP contribution is -2.38. The number of benzene rings is 1. The van der Waals surface area contributed by atoms with Crippen molar-refractivity contribution in [1.29, 1.82) is 0 Å². The summed E-state index contributed by atoms with van der Waals surface area (Å²) < 4.78 is 7.16. The van der Waals surface area contributed by atoms with Crippen molar-refractivity contribution in [3.05, 3.63) is 41.2 Å². The Labute approximate surface area is 155 Å². The molecule has 0 spiro atoms. The highest BCUT2D eigenvalue weighted by molar-refractivity contribution is 5.79. The monoisotopic (exact) mass is 359 g/mol. The standard InChI is InChI=1S/C19H29N5O2/c1-5-20-19(21-10-7-11-24-15(3)12-14(2)23-24)22-13-16-8-6-9-17(26-4)18(16)25/h6,8-9,12,25H,5,7,10-11,13H2,1-4H3,(H2,20,21,22). The zero-order chi connectivity index (χ0) is 18.9. The Morgan fingerprint density at radius 1 is 1.31 bits per heavy atom. The van der Waals surface area contributed by atoms with Gasteiger partial charge in [-0.05, 0) is 39.3 Å². The summed E-state index contributed by atoms with van der Waals surface area (Å²) in [5, 5.41) is 21.2. The molecule has 2 aromatic rings. The molecular formula is C19H29N5O2. The predicted molar refractivity (Wildman–Crippen MR) is 104 cm³/mol. The van der Waals surface area contributed by atoms with Crippen LogP contribution in [0.5, 0.6) is 11.5 Å². The number of para-hydroxylation sites is 1. The molecule has 26 heavy (non-hydrogen) atoms. The molecule has 0 aliphatic heterocycles. The summed E-state index contributed by atoms with van der Waals surface area (Å²) in [6.45, 7) is 8.89. The van der Waals surface area contributed by atoms with Crippen LogP contribution in [0.3, 0.4) is 0 Å². The van der Waals surface area contributed by atoms with Crippen LogP contribution in [0.25, 0.3) is 0 Å². The SMILES string of the molecule is CCNC(=NCc1cccc(OC)c1O)NCCCn1nc(C)cc1C. The van der Waals surface area contributed by atoms with Gasteiger partial charge in [0.05, 0.1) is 19.3 Å². The van der Waals surface area contributed by atoms with Crippen molar-refractivity contribution in [2.24, 2.45) is 4.99 Å². The maximum atomic E-state index is 10.2. The van der Waals surface area contributed by atoms with Gasteiger partial charge in [-0.25, -0.2) is 4.99 Å². The number of aryl methyl sites for hydroxylation is 3. The second-order valence-electron chi connectivity index (χ2n) is 6.09. The maximum absolute atomic E-state index is 10.2. The minimum absolute atomic E-state index is 0.138. The summed E-state index contributed by atoms with van der Waals surface area (Å²) >= 11 is 0. The van der Waals surface area contributed by atoms with Gasteiger partial charge in [0.25, 0.3) is 0 Å². The number of phenolic OH excluding ortho intramolecular Hbond substituents is 1. The Bertz CT molecular complexity index is 740. The summed E-state index contributed by atoms with van der Waals surface area (Å²) in [6, 6.07) is 7.50. The summed E-state index contributed by atoms with van der Waals surface area (Å²) in [5.74, 6) is 1.32. The van der Waals surface area contributed by atoms with Crippen molar-refractivity contribution >= 4 is 5.96 Å². The summed E-state index contributed by atoms with van der Waals surface area (Å²) in [7, 11) is 1.54. The predicted octanol–water partition coefficient (Wildman–Crippen LogP) is 2.36. The van der Waals surface area contributed by atoms with E-state index >= 15 is 0 Å². The molecular weight excluding hydrogens is 330 g/mol. The molecule has 1 heterocycles. The highest BCUT2D eigenvalue weighted by atomic mass is 16.5. The number of methoxy groups -OCH3 is 1. The molecule has 0 amide bonds. The van der Waals surface area contributed by atoms with Gasteiger partial charge in [-0.1, -0.05) is 12.1 Å². The van der Waals surface area contributed by atoms with E-state index in [1.54, 1.807) is 6.07 Å². The normalized spacial score (nSPS) is 11.5. The first kappa shape index (κ1) is 19.6. The molecule has 0 radical (unpaired) electrons. The number of ether oxygens (including phenoxy) is 1. The molecule has 3 N–H and O–H groups in total. The largest absolute Gasteiger partial charge is 0.504 e. The van der Waals surface area contributed by atoms with E-state index in [-0.39, 0.29) is 5.75 Å². The van der Waals surface area contributed by atoms with E-state index in [0.717, 1.165) is 43.3 Å². The third kappa shape index (κ3) is 5.40. The Morgan fingerprint density at radius 3 is 2.77 bits per heavy atom. The van der Waals surface area contributed by atoms with Gasteiger partial charge in [0, 0.05) is 30.9 Å². The van der Waals surface area contributed by atoms with Crippen molar-refractivity contribution in [1.82, 2.24) is 20.4 Å². The Morgan fingerprint density at radius 2 is 2.12 bits per heavy atom. The summed E-state index contributed by atoms with van der Waals surface area (Å²) in [4.78, 5) is 4.54. The van der Waals surface area contributed by atoms with Gasteiger partial charge in [-0.15, -0.1) is 0 Å². The van der Waals surface area contributed by atoms with E-state index in [4.69, 9.17) is 4.74 Å². The smallest absolute Gasteiger partial charge is 0.191 e. The molecule has 0 aliphatic carbocycles. The number of phenols is 1. The molecule has 7 heteroatoms. The lowest BCUT2D eigenvalue weighted by atomic mass is 10.2. The zero-order valence-corrected chi connectivity index (χ0v) is 16.0. The van der Waals surface area contributed by atoms with Gasteiger partial charge in [0.1, 0.15) is 0 Å². The molecule has 2 rings (SSSR count). The average Bonchev–Trinajstić information content (AvgIpc) is 2.94. The van der Waals surface area contributed by atoms with E-state index < -0.39 is 0 Å². The van der Waals surface area contributed by atoms with E-state index in [1.807, 2.05) is 30.7 Å². The number of aromatic nitrogens is 2. The Balaban J connectivity index is 1.89. The fourth-order valence-corrected chi connectivity index (χ4v) is 2.70. The molecule has 0 aliphatic rings. The third-order valence-electron chi connectivity index (χ3n) is 4.00. The number of guanidine groups is 1. The van der Waals surface area contributed by atoms with Crippen LogP contribution in [0.2, 0.25) is 0 Å². The van der Waals surface area contributed by atoms with E-state index in [2.05, 4.69) is 33.7 Å². The lowest BCUT2D eigenvalue weighted by Gasteiger charge is -2.12. The van der Waals surface area contributed by atoms with Gasteiger partial charge >= 0.3 is 0 Å². The lowest BCUT2D eigenvalue weighted by molar-refractivity contribution is 0.370. The van der Waals surface area contributed by atoms with Crippen LogP contribution in [0.15, 0.2) is 29.3 Å². The first-order valence-corrected chi connectivity index (χ1v) is 8.93. The fourth-order valence-electron chi connectivity index (χ4n) is 2.70. The zero-order valence-electron chi connectivity index (χ0n) is 16.0. The molecule has 7 nitrogen and oxygen atoms in total. The van der Waals surface area contributed by atoms with Crippen molar-refractivity contribution in [2.75, 3.05) is 20.2 Å². The van der Waals surface area contributed by atoms with Crippen LogP contribution in [-0.2, 0) is 13.1 Å². The molecule has 0 saturated carbocycles. The molecule has 1 aromatic heterocycles. The van der Waals surface area contributed by atoms with Gasteiger partial charge in [0.2, 0.25) is 0 Å². The van der Waals surface area contributed by atoms with Crippen LogP contribution in [0.4, 0.5) is 0 Å². The number of nitrogens with one attached hydrogen (secondary N) is 2. The maximum Gasteiger partial charge on any atom is 0.191 e. The minimum Gasteiger partial charge on any atom is -0.504 e. The average molecular weight is 359 g/mol. The Hall–Kier alpha value is -2.70. The van der Waals surface area contributed by atoms with Crippen LogP contribution in [0.1, 0.15) is 30.3 Å². The topological polar surface area (TPSA) is 83.7 Å². The molecule has 1 aromatic carbocycles. The summed E-state index contributed by atoms with van der Waals surface area (Å²) in [5.41, 5.74) is 2.95. The fraction of sp³-hybridized carbons (Fsp3) is 0.474. The first-order chi connectivity index (χ1) is 12.5. The molecule has 0 unspecified atom stereocenters. The molecule has 0 saturated heterocycles. The van der Waals surface area contributed by atoms with Crippen molar-refractivity contribution in [3.63, 3.8) is 0 Å². The van der Waals surface area contributed by atoms with E-state index in [0.29, 0.717) is 12.3 Å². The number of rotatable bonds is 8. The van der Waals surface area contributed by atoms with Gasteiger partial charge in [-0.3, -0.25) is 4.68 Å². The number of hydrogen-bond donors (Lipinski definition) is 3. The molecule has 142 valence electrons. The van der Waals surface area contributed by atoms with Crippen LogP contribution in [0, 0.1) is 13.8 Å². The summed E-state index contributed by atoms with van der Waals surface area (Å²) in [6.07, 6.45) is 0.941. The van der Waals surface area contributed by atoms with Gasteiger partial charge in [-0.2, -0.15) is 5.10 Å². The first-order valence-electron chi connectivity index (χ1n) is 8.93. The number of nitrogens with zero attached hydrogens (tertiary/aromatic N) is 3. The van der Waals surface area contributed by atoms with Crippen molar-refractivity contribution < 1.29 is 9.84 Å². The molecule has 0 bridgehead atoms. The minimum atomic E-state index is 0.138. The van der Waals surface area contributed by atoms with Crippen LogP contribution < -0.4 is 15.4 Å². The Kier molecular flexibility index (Phi) is 7.32. The number of aliphatic imine (C=N–C) groups is 1. The second kappa shape index (κ2) is 9.70. The highest BCUT2D eigenvalue weighted by Crippen LogP contribution is 2.29. The van der Waals surface area contributed by atoms with Crippen LogP contribution in [-0.4, -0.2) is 41.0 Å². The highest BCUT2D eigenvalue weighted by Gasteiger charge is 2.07. The van der Waals surface area contributed by atoms with E-state index in [1.165, 1.54) is 12.8 Å². The third-order valence-corrected chi connectivity index (χ3v) is 4.00. The van der Waals surface area contributed by atoms with Crippen molar-refractivity contribution in [3.8, 4) is 11.5 Å². The van der Waals surface area contributed by atoms with Gasteiger partial charge < -0.3 is 20.5 Å². The number of hydrogen-bond acceptors (Lipinski definition) is 4. The second-order valence-corrected chi connectivity index (χ2v) is 6.09. The van der Waals surface area contributed by atoms with Gasteiger partial charge in [0.15, 0.2) is 17.5 Å². The van der Waals surface area contributed by atoms with Crippen molar-refractivity contribution in [2.45, 2.75) is 40.3 Å².